The molecule has 0 bridgehead atoms. The van der Waals surface area contributed by atoms with Gasteiger partial charge in [-0.25, -0.2) is 0 Å². The summed E-state index contributed by atoms with van der Waals surface area (Å²) in [6, 6.07) is 12.5. The minimum atomic E-state index is -0.116. The lowest BCUT2D eigenvalue weighted by atomic mass is 9.93. The van der Waals surface area contributed by atoms with Crippen LogP contribution in [0.2, 0.25) is 0 Å². The molecular weight excluding hydrogens is 284 g/mol. The molecule has 2 aromatic carbocycles. The molecule has 0 fully saturated rings. The predicted molar refractivity (Wildman–Crippen MR) is 94.4 cm³/mol. The van der Waals surface area contributed by atoms with Gasteiger partial charge in [-0.3, -0.25) is 0 Å². The van der Waals surface area contributed by atoms with Crippen molar-refractivity contribution < 1.29 is 9.47 Å². The van der Waals surface area contributed by atoms with Crippen LogP contribution in [-0.2, 0) is 19.4 Å². The minimum Gasteiger partial charge on any atom is -0.488 e. The van der Waals surface area contributed by atoms with Gasteiger partial charge in [0.1, 0.15) is 23.7 Å². The van der Waals surface area contributed by atoms with Crippen LogP contribution in [0.4, 0.5) is 0 Å². The normalized spacial score (nSPS) is 15.1. The molecule has 1 heterocycles. The maximum absolute atomic E-state index is 6.24. The van der Waals surface area contributed by atoms with E-state index in [1.165, 1.54) is 22.3 Å². The summed E-state index contributed by atoms with van der Waals surface area (Å²) in [6.07, 6.45) is 3.10. The highest BCUT2D eigenvalue weighted by Gasteiger charge is 2.33. The highest BCUT2D eigenvalue weighted by Crippen LogP contribution is 2.43. The number of benzene rings is 2. The second-order valence-corrected chi connectivity index (χ2v) is 7.04. The topological polar surface area (TPSA) is 18.5 Å². The molecule has 0 atom stereocenters. The number of aryl methyl sites for hydroxylation is 1. The quantitative estimate of drug-likeness (QED) is 0.752. The summed E-state index contributed by atoms with van der Waals surface area (Å²) < 4.78 is 12.4. The van der Waals surface area contributed by atoms with E-state index in [2.05, 4.69) is 58.0 Å². The second kappa shape index (κ2) is 6.27. The number of fused-ring (bicyclic) bond motifs is 1. The van der Waals surface area contributed by atoms with Gasteiger partial charge in [0.05, 0.1) is 0 Å². The van der Waals surface area contributed by atoms with Gasteiger partial charge in [0.25, 0.3) is 0 Å². The van der Waals surface area contributed by atoms with Gasteiger partial charge in [0.2, 0.25) is 0 Å². The fourth-order valence-corrected chi connectivity index (χ4v) is 3.36. The Morgan fingerprint density at radius 2 is 1.91 bits per heavy atom. The molecule has 2 nitrogen and oxygen atoms in total. The van der Waals surface area contributed by atoms with Gasteiger partial charge in [-0.2, -0.15) is 0 Å². The van der Waals surface area contributed by atoms with Crippen LogP contribution >= 0.6 is 0 Å². The molecule has 0 aromatic heterocycles. The largest absolute Gasteiger partial charge is 0.488 e. The smallest absolute Gasteiger partial charge is 0.126 e. The Morgan fingerprint density at radius 1 is 1.17 bits per heavy atom. The zero-order chi connectivity index (χ0) is 16.4. The van der Waals surface area contributed by atoms with Crippen LogP contribution in [0.3, 0.4) is 0 Å². The average Bonchev–Trinajstić information content (AvgIpc) is 2.82. The molecule has 0 N–H and O–H groups in total. The van der Waals surface area contributed by atoms with Crippen LogP contribution in [-0.4, -0.2) is 5.60 Å². The minimum absolute atomic E-state index is 0.116. The Bertz CT molecular complexity index is 687. The third-order valence-corrected chi connectivity index (χ3v) is 4.36. The summed E-state index contributed by atoms with van der Waals surface area (Å²) in [4.78, 5) is 0. The van der Waals surface area contributed by atoms with E-state index in [4.69, 9.17) is 9.47 Å². The van der Waals surface area contributed by atoms with Crippen molar-refractivity contribution in [2.24, 2.45) is 0 Å². The van der Waals surface area contributed by atoms with Crippen LogP contribution in [0.1, 0.15) is 49.4 Å². The maximum Gasteiger partial charge on any atom is 0.126 e. The van der Waals surface area contributed by atoms with Crippen molar-refractivity contribution in [3.05, 3.63) is 58.7 Å². The van der Waals surface area contributed by atoms with Crippen LogP contribution in [0, 0.1) is 6.92 Å². The molecule has 0 saturated carbocycles. The first kappa shape index (κ1) is 15.9. The number of rotatable bonds is 5. The SMILES string of the molecule is CCCc1c2c(cc(C)c1OCc1ccccc1)OC(C)(C)C2. The zero-order valence-electron chi connectivity index (χ0n) is 14.6. The molecule has 1 aliphatic rings. The van der Waals surface area contributed by atoms with E-state index >= 15 is 0 Å². The summed E-state index contributed by atoms with van der Waals surface area (Å²) in [6.45, 7) is 9.26. The van der Waals surface area contributed by atoms with E-state index in [1.54, 1.807) is 0 Å². The Morgan fingerprint density at radius 3 is 2.61 bits per heavy atom. The lowest BCUT2D eigenvalue weighted by Gasteiger charge is -2.17. The Kier molecular flexibility index (Phi) is 4.34. The van der Waals surface area contributed by atoms with E-state index in [9.17, 15) is 0 Å². The Labute approximate surface area is 139 Å². The van der Waals surface area contributed by atoms with Gasteiger partial charge in [-0.05, 0) is 44.4 Å². The molecule has 3 rings (SSSR count). The zero-order valence-corrected chi connectivity index (χ0v) is 14.6. The van der Waals surface area contributed by atoms with Gasteiger partial charge in [0.15, 0.2) is 0 Å². The average molecular weight is 310 g/mol. The van der Waals surface area contributed by atoms with Gasteiger partial charge >= 0.3 is 0 Å². The van der Waals surface area contributed by atoms with Crippen molar-refractivity contribution in [1.29, 1.82) is 0 Å². The molecule has 0 amide bonds. The number of hydrogen-bond donors (Lipinski definition) is 0. The molecule has 0 radical (unpaired) electrons. The van der Waals surface area contributed by atoms with Crippen molar-refractivity contribution >= 4 is 0 Å². The predicted octanol–water partition coefficient (Wildman–Crippen LogP) is 5.24. The van der Waals surface area contributed by atoms with E-state index < -0.39 is 0 Å². The highest BCUT2D eigenvalue weighted by atomic mass is 16.5. The van der Waals surface area contributed by atoms with Gasteiger partial charge < -0.3 is 9.47 Å². The Hall–Kier alpha value is -1.96. The fourth-order valence-electron chi connectivity index (χ4n) is 3.36. The lowest BCUT2D eigenvalue weighted by Crippen LogP contribution is -2.24. The van der Waals surface area contributed by atoms with Crippen LogP contribution in [0.5, 0.6) is 11.5 Å². The molecule has 2 heteroatoms. The van der Waals surface area contributed by atoms with Crippen molar-refractivity contribution in [2.45, 2.75) is 59.2 Å². The van der Waals surface area contributed by atoms with Crippen molar-refractivity contribution in [2.75, 3.05) is 0 Å². The molecule has 23 heavy (non-hydrogen) atoms. The fraction of sp³-hybridized carbons (Fsp3) is 0.429. The van der Waals surface area contributed by atoms with Gasteiger partial charge in [-0.1, -0.05) is 43.7 Å². The van der Waals surface area contributed by atoms with Crippen LogP contribution < -0.4 is 9.47 Å². The van der Waals surface area contributed by atoms with Gasteiger partial charge in [-0.15, -0.1) is 0 Å². The van der Waals surface area contributed by atoms with Crippen molar-refractivity contribution in [3.63, 3.8) is 0 Å². The van der Waals surface area contributed by atoms with E-state index in [0.29, 0.717) is 6.61 Å². The molecule has 0 unspecified atom stereocenters. The molecule has 0 aliphatic carbocycles. The lowest BCUT2D eigenvalue weighted by molar-refractivity contribution is 0.138. The first-order chi connectivity index (χ1) is 11.0. The summed E-state index contributed by atoms with van der Waals surface area (Å²) in [5.41, 5.74) is 4.93. The Balaban J connectivity index is 1.93. The molecular formula is C21H26O2. The van der Waals surface area contributed by atoms with Gasteiger partial charge in [0, 0.05) is 17.5 Å². The monoisotopic (exact) mass is 310 g/mol. The summed E-state index contributed by atoms with van der Waals surface area (Å²) >= 11 is 0. The van der Waals surface area contributed by atoms with Crippen LogP contribution in [0.25, 0.3) is 0 Å². The molecule has 2 aromatic rings. The molecule has 122 valence electrons. The van der Waals surface area contributed by atoms with E-state index in [1.807, 2.05) is 6.07 Å². The van der Waals surface area contributed by atoms with Crippen molar-refractivity contribution in [1.82, 2.24) is 0 Å². The number of hydrogen-bond acceptors (Lipinski definition) is 2. The summed E-state index contributed by atoms with van der Waals surface area (Å²) in [5.74, 6) is 2.10. The first-order valence-corrected chi connectivity index (χ1v) is 8.51. The molecule has 0 spiro atoms. The first-order valence-electron chi connectivity index (χ1n) is 8.51. The van der Waals surface area contributed by atoms with Crippen molar-refractivity contribution in [3.8, 4) is 11.5 Å². The highest BCUT2D eigenvalue weighted by molar-refractivity contribution is 5.56. The summed E-state index contributed by atoms with van der Waals surface area (Å²) in [7, 11) is 0. The standard InChI is InChI=1S/C21H26O2/c1-5-9-17-18-13-21(3,4)23-19(18)12-15(2)20(17)22-14-16-10-7-6-8-11-16/h6-8,10-12H,5,9,13-14H2,1-4H3. The van der Waals surface area contributed by atoms with E-state index in [0.717, 1.165) is 30.8 Å². The second-order valence-electron chi connectivity index (χ2n) is 7.04. The third-order valence-electron chi connectivity index (χ3n) is 4.36. The van der Waals surface area contributed by atoms with Crippen LogP contribution in [0.15, 0.2) is 36.4 Å². The summed E-state index contributed by atoms with van der Waals surface area (Å²) in [5, 5.41) is 0. The maximum atomic E-state index is 6.24. The molecule has 0 saturated heterocycles. The van der Waals surface area contributed by atoms with E-state index in [-0.39, 0.29) is 5.60 Å². The molecule has 1 aliphatic heterocycles. The number of ether oxygens (including phenoxy) is 2. The third kappa shape index (κ3) is 3.36.